The first-order valence-electron chi connectivity index (χ1n) is 5.23. The molecule has 0 spiro atoms. The second-order valence-corrected chi connectivity index (χ2v) is 5.33. The Morgan fingerprint density at radius 1 is 1.44 bits per heavy atom. The summed E-state index contributed by atoms with van der Waals surface area (Å²) in [6.07, 6.45) is 0. The van der Waals surface area contributed by atoms with Crippen molar-refractivity contribution in [2.24, 2.45) is 0 Å². The summed E-state index contributed by atoms with van der Waals surface area (Å²) in [5.74, 6) is -0.245. The minimum Gasteiger partial charge on any atom is -0.323 e. The van der Waals surface area contributed by atoms with Crippen LogP contribution in [0.5, 0.6) is 0 Å². The number of carbonyl (C=O) groups excluding carboxylic acids is 1. The molecule has 1 amide bonds. The summed E-state index contributed by atoms with van der Waals surface area (Å²) in [7, 11) is 5.61. The van der Waals surface area contributed by atoms with Gasteiger partial charge in [0.1, 0.15) is 0 Å². The van der Waals surface area contributed by atoms with Crippen LogP contribution in [0.3, 0.4) is 0 Å². The van der Waals surface area contributed by atoms with Crippen molar-refractivity contribution < 1.29 is 14.2 Å². The summed E-state index contributed by atoms with van der Waals surface area (Å²) in [6, 6.07) is 3.93. The third-order valence-corrected chi connectivity index (χ3v) is 2.38. The Kier molecular flexibility index (Phi) is 4.26. The number of quaternary nitrogens is 1. The Labute approximate surface area is 110 Å². The molecule has 0 aliphatic heterocycles. The zero-order chi connectivity index (χ0) is 13.9. The molecule has 0 aliphatic carbocycles. The molecule has 0 radical (unpaired) electrons. The monoisotopic (exact) mass is 272 g/mol. The molecule has 98 valence electrons. The van der Waals surface area contributed by atoms with E-state index in [1.54, 1.807) is 0 Å². The van der Waals surface area contributed by atoms with Crippen LogP contribution in [0.2, 0.25) is 5.02 Å². The summed E-state index contributed by atoms with van der Waals surface area (Å²) in [5.41, 5.74) is 0.143. The first kappa shape index (κ1) is 14.4. The van der Waals surface area contributed by atoms with Crippen molar-refractivity contribution in [3.05, 3.63) is 33.3 Å². The number of benzene rings is 1. The lowest BCUT2D eigenvalue weighted by atomic mass is 10.2. The zero-order valence-electron chi connectivity index (χ0n) is 10.4. The number of hydrogen-bond acceptors (Lipinski definition) is 3. The molecule has 1 N–H and O–H groups in total. The summed E-state index contributed by atoms with van der Waals surface area (Å²) in [4.78, 5) is 21.8. The number of nitro groups is 1. The van der Waals surface area contributed by atoms with Gasteiger partial charge in [0, 0.05) is 12.1 Å². The topological polar surface area (TPSA) is 72.2 Å². The molecule has 0 bridgehead atoms. The van der Waals surface area contributed by atoms with Crippen LogP contribution in [0.15, 0.2) is 18.2 Å². The SMILES string of the molecule is C[N+](C)(C)CC(=O)Nc1cc([N+](=O)[O-])ccc1Cl. The molecule has 0 aromatic heterocycles. The highest BCUT2D eigenvalue weighted by atomic mass is 35.5. The van der Waals surface area contributed by atoms with Crippen molar-refractivity contribution in [3.63, 3.8) is 0 Å². The number of rotatable bonds is 4. The van der Waals surface area contributed by atoms with E-state index in [9.17, 15) is 14.9 Å². The second kappa shape index (κ2) is 5.32. The number of nitro benzene ring substituents is 1. The van der Waals surface area contributed by atoms with Gasteiger partial charge in [-0.25, -0.2) is 0 Å². The van der Waals surface area contributed by atoms with Gasteiger partial charge in [0.05, 0.1) is 36.8 Å². The summed E-state index contributed by atoms with van der Waals surface area (Å²) < 4.78 is 0.457. The van der Waals surface area contributed by atoms with E-state index < -0.39 is 4.92 Å². The van der Waals surface area contributed by atoms with E-state index in [4.69, 9.17) is 11.6 Å². The van der Waals surface area contributed by atoms with E-state index >= 15 is 0 Å². The third-order valence-electron chi connectivity index (χ3n) is 2.05. The van der Waals surface area contributed by atoms with Crippen molar-refractivity contribution >= 4 is 28.9 Å². The molecule has 6 nitrogen and oxygen atoms in total. The summed E-state index contributed by atoms with van der Waals surface area (Å²) in [6.45, 7) is 0.249. The Hall–Kier alpha value is -1.66. The fraction of sp³-hybridized carbons (Fsp3) is 0.364. The highest BCUT2D eigenvalue weighted by Crippen LogP contribution is 2.26. The highest BCUT2D eigenvalue weighted by molar-refractivity contribution is 6.33. The lowest BCUT2D eigenvalue weighted by molar-refractivity contribution is -0.861. The number of carbonyl (C=O) groups is 1. The normalized spacial score (nSPS) is 11.1. The smallest absolute Gasteiger partial charge is 0.279 e. The lowest BCUT2D eigenvalue weighted by Gasteiger charge is -2.22. The highest BCUT2D eigenvalue weighted by Gasteiger charge is 2.17. The first-order valence-corrected chi connectivity index (χ1v) is 5.61. The molecule has 7 heteroatoms. The number of amides is 1. The molecule has 1 aromatic rings. The van der Waals surface area contributed by atoms with Crippen molar-refractivity contribution in [1.82, 2.24) is 0 Å². The zero-order valence-corrected chi connectivity index (χ0v) is 11.2. The Bertz CT molecular complexity index is 483. The maximum Gasteiger partial charge on any atom is 0.279 e. The number of nitrogens with zero attached hydrogens (tertiary/aromatic N) is 2. The van der Waals surface area contributed by atoms with Gasteiger partial charge in [-0.1, -0.05) is 11.6 Å². The van der Waals surface area contributed by atoms with Crippen molar-refractivity contribution in [3.8, 4) is 0 Å². The van der Waals surface area contributed by atoms with Crippen molar-refractivity contribution in [1.29, 1.82) is 0 Å². The molecular formula is C11H15ClN3O3+. The van der Waals surface area contributed by atoms with Crippen LogP contribution in [0.1, 0.15) is 0 Å². The van der Waals surface area contributed by atoms with Crippen LogP contribution in [-0.2, 0) is 4.79 Å². The molecule has 0 heterocycles. The molecule has 18 heavy (non-hydrogen) atoms. The molecule has 0 aliphatic rings. The van der Waals surface area contributed by atoms with E-state index in [1.807, 2.05) is 21.1 Å². The minimum atomic E-state index is -0.536. The van der Waals surface area contributed by atoms with Gasteiger partial charge in [0.15, 0.2) is 6.54 Å². The maximum atomic E-state index is 11.7. The quantitative estimate of drug-likeness (QED) is 0.517. The Balaban J connectivity index is 2.87. The largest absolute Gasteiger partial charge is 0.323 e. The fourth-order valence-corrected chi connectivity index (χ4v) is 1.51. The van der Waals surface area contributed by atoms with Crippen LogP contribution in [0, 0.1) is 10.1 Å². The van der Waals surface area contributed by atoms with Gasteiger partial charge in [-0.15, -0.1) is 0 Å². The number of non-ortho nitro benzene ring substituents is 1. The van der Waals surface area contributed by atoms with Crippen molar-refractivity contribution in [2.75, 3.05) is 33.0 Å². The fourth-order valence-electron chi connectivity index (χ4n) is 1.34. The van der Waals surface area contributed by atoms with Crippen LogP contribution in [-0.4, -0.2) is 43.0 Å². The molecule has 0 saturated carbocycles. The summed E-state index contributed by atoms with van der Waals surface area (Å²) in [5, 5.41) is 13.5. The summed E-state index contributed by atoms with van der Waals surface area (Å²) >= 11 is 5.87. The van der Waals surface area contributed by atoms with Crippen LogP contribution in [0.4, 0.5) is 11.4 Å². The molecule has 1 rings (SSSR count). The van der Waals surface area contributed by atoms with Gasteiger partial charge in [-0.2, -0.15) is 0 Å². The molecular weight excluding hydrogens is 258 g/mol. The molecule has 1 aromatic carbocycles. The van der Waals surface area contributed by atoms with E-state index in [-0.39, 0.29) is 28.8 Å². The molecule has 0 fully saturated rings. The van der Waals surface area contributed by atoms with Gasteiger partial charge < -0.3 is 9.80 Å². The number of likely N-dealkylation sites (N-methyl/N-ethyl adjacent to an activating group) is 1. The number of halogens is 1. The van der Waals surface area contributed by atoms with Gasteiger partial charge >= 0.3 is 0 Å². The van der Waals surface area contributed by atoms with Crippen LogP contribution in [0.25, 0.3) is 0 Å². The van der Waals surface area contributed by atoms with Gasteiger partial charge in [0.25, 0.3) is 11.6 Å². The number of hydrogen-bond donors (Lipinski definition) is 1. The molecule has 0 atom stereocenters. The molecule has 0 unspecified atom stereocenters. The molecule has 0 saturated heterocycles. The lowest BCUT2D eigenvalue weighted by Crippen LogP contribution is -2.41. The Morgan fingerprint density at radius 2 is 2.06 bits per heavy atom. The van der Waals surface area contributed by atoms with Gasteiger partial charge in [-0.3, -0.25) is 14.9 Å². The average Bonchev–Trinajstić information content (AvgIpc) is 2.18. The van der Waals surface area contributed by atoms with Gasteiger partial charge in [-0.05, 0) is 6.07 Å². The van der Waals surface area contributed by atoms with E-state index in [0.29, 0.717) is 4.48 Å². The minimum absolute atomic E-state index is 0.111. The predicted octanol–water partition coefficient (Wildman–Crippen LogP) is 1.89. The van der Waals surface area contributed by atoms with E-state index in [0.717, 1.165) is 0 Å². The van der Waals surface area contributed by atoms with Crippen LogP contribution < -0.4 is 5.32 Å². The van der Waals surface area contributed by atoms with Crippen LogP contribution >= 0.6 is 11.6 Å². The van der Waals surface area contributed by atoms with Crippen molar-refractivity contribution in [2.45, 2.75) is 0 Å². The average molecular weight is 273 g/mol. The van der Waals surface area contributed by atoms with E-state index in [2.05, 4.69) is 5.32 Å². The Morgan fingerprint density at radius 3 is 2.56 bits per heavy atom. The van der Waals surface area contributed by atoms with Gasteiger partial charge in [0.2, 0.25) is 0 Å². The third kappa shape index (κ3) is 4.31. The second-order valence-electron chi connectivity index (χ2n) is 4.92. The van der Waals surface area contributed by atoms with E-state index in [1.165, 1.54) is 18.2 Å². The first-order chi connectivity index (χ1) is 8.19. The predicted molar refractivity (Wildman–Crippen MR) is 69.6 cm³/mol. The standard InChI is InChI=1S/C11H14ClN3O3/c1-15(2,3)7-11(16)13-10-6-8(14(17)18)4-5-9(10)12/h4-6H,7H2,1-3H3/p+1. The number of nitrogens with one attached hydrogen (secondary N) is 1. The number of anilines is 1. The maximum absolute atomic E-state index is 11.7.